The molecule has 1 aliphatic rings. The Kier molecular flexibility index (Phi) is 4.25. The maximum Gasteiger partial charge on any atom is 0.235 e. The van der Waals surface area contributed by atoms with Crippen LogP contribution in [0.3, 0.4) is 0 Å². The normalized spacial score (nSPS) is 20.8. The smallest absolute Gasteiger partial charge is 0.235 e. The summed E-state index contributed by atoms with van der Waals surface area (Å²) >= 11 is 4.87. The zero-order chi connectivity index (χ0) is 13.2. The highest BCUT2D eigenvalue weighted by Crippen LogP contribution is 2.39. The van der Waals surface area contributed by atoms with E-state index in [-0.39, 0.29) is 17.7 Å². The van der Waals surface area contributed by atoms with E-state index in [1.165, 1.54) is 4.90 Å². The lowest BCUT2D eigenvalue weighted by Crippen LogP contribution is -2.40. The fourth-order valence-corrected chi connectivity index (χ4v) is 2.29. The quantitative estimate of drug-likeness (QED) is 0.597. The molecule has 1 saturated heterocycles. The molecule has 0 aromatic carbocycles. The summed E-state index contributed by atoms with van der Waals surface area (Å²) in [7, 11) is 0. The van der Waals surface area contributed by atoms with E-state index in [0.29, 0.717) is 30.8 Å². The van der Waals surface area contributed by atoms with Crippen molar-refractivity contribution in [3.05, 3.63) is 0 Å². The topological polar surface area (TPSA) is 63.4 Å². The van der Waals surface area contributed by atoms with Crippen molar-refractivity contribution >= 4 is 29.0 Å². The van der Waals surface area contributed by atoms with Crippen molar-refractivity contribution in [2.24, 2.45) is 17.1 Å². The molecule has 5 heteroatoms. The van der Waals surface area contributed by atoms with Gasteiger partial charge < -0.3 is 5.73 Å². The van der Waals surface area contributed by atoms with Gasteiger partial charge in [0.25, 0.3) is 0 Å². The third-order valence-corrected chi connectivity index (χ3v) is 4.19. The van der Waals surface area contributed by atoms with Crippen molar-refractivity contribution in [2.45, 2.75) is 40.0 Å². The number of carbonyl (C=O) groups excluding carboxylic acids is 2. The van der Waals surface area contributed by atoms with Crippen LogP contribution in [0.5, 0.6) is 0 Å². The van der Waals surface area contributed by atoms with Gasteiger partial charge in [-0.1, -0.05) is 33.0 Å². The third kappa shape index (κ3) is 2.49. The standard InChI is InChI=1S/C12H20N2O2S/c1-4-12(5-2)6-9(15)14(11(12)16)7-8(3)10(13)17/h8H,4-7H2,1-3H3,(H2,13,17). The summed E-state index contributed by atoms with van der Waals surface area (Å²) in [6.07, 6.45) is 1.72. The van der Waals surface area contributed by atoms with E-state index in [1.807, 2.05) is 20.8 Å². The van der Waals surface area contributed by atoms with Crippen molar-refractivity contribution in [1.82, 2.24) is 4.90 Å². The summed E-state index contributed by atoms with van der Waals surface area (Å²) in [5.41, 5.74) is 5.03. The highest BCUT2D eigenvalue weighted by molar-refractivity contribution is 7.80. The second-order valence-corrected chi connectivity index (χ2v) is 5.25. The monoisotopic (exact) mass is 256 g/mol. The molecular formula is C12H20N2O2S. The van der Waals surface area contributed by atoms with Crippen molar-refractivity contribution in [3.63, 3.8) is 0 Å². The molecule has 1 rings (SSSR count). The average Bonchev–Trinajstić information content (AvgIpc) is 2.53. The van der Waals surface area contributed by atoms with Crippen LogP contribution >= 0.6 is 12.2 Å². The van der Waals surface area contributed by atoms with E-state index in [2.05, 4.69) is 0 Å². The molecule has 1 heterocycles. The minimum absolute atomic E-state index is 0.0596. The Labute approximate surface area is 108 Å². The fraction of sp³-hybridized carbons (Fsp3) is 0.750. The van der Waals surface area contributed by atoms with Gasteiger partial charge >= 0.3 is 0 Å². The second kappa shape index (κ2) is 5.12. The summed E-state index contributed by atoms with van der Waals surface area (Å²) in [6.45, 7) is 6.06. The number of hydrogen-bond donors (Lipinski definition) is 1. The molecule has 1 fully saturated rings. The van der Waals surface area contributed by atoms with Gasteiger partial charge in [0.1, 0.15) is 0 Å². The Morgan fingerprint density at radius 3 is 2.35 bits per heavy atom. The molecule has 1 aliphatic heterocycles. The van der Waals surface area contributed by atoms with Gasteiger partial charge in [0.2, 0.25) is 11.8 Å². The number of carbonyl (C=O) groups is 2. The van der Waals surface area contributed by atoms with Crippen LogP contribution in [0.4, 0.5) is 0 Å². The zero-order valence-corrected chi connectivity index (χ0v) is 11.5. The molecule has 0 spiro atoms. The predicted molar refractivity (Wildman–Crippen MR) is 70.3 cm³/mol. The van der Waals surface area contributed by atoms with Crippen molar-refractivity contribution in [3.8, 4) is 0 Å². The lowest BCUT2D eigenvalue weighted by atomic mass is 9.81. The van der Waals surface area contributed by atoms with E-state index in [4.69, 9.17) is 18.0 Å². The fourth-order valence-electron chi connectivity index (χ4n) is 2.21. The number of likely N-dealkylation sites (tertiary alicyclic amines) is 1. The second-order valence-electron chi connectivity index (χ2n) is 4.78. The number of hydrogen-bond acceptors (Lipinski definition) is 3. The van der Waals surface area contributed by atoms with Gasteiger partial charge in [0.15, 0.2) is 0 Å². The summed E-state index contributed by atoms with van der Waals surface area (Å²) < 4.78 is 0. The predicted octanol–water partition coefficient (Wildman–Crippen LogP) is 1.47. The summed E-state index contributed by atoms with van der Waals surface area (Å²) in [5, 5.41) is 0. The Morgan fingerprint density at radius 2 is 2.00 bits per heavy atom. The SMILES string of the molecule is CCC1(CC)CC(=O)N(CC(C)C(N)=S)C1=O. The van der Waals surface area contributed by atoms with Crippen LogP contribution in [0.1, 0.15) is 40.0 Å². The maximum atomic E-state index is 12.3. The van der Waals surface area contributed by atoms with E-state index < -0.39 is 5.41 Å². The number of imide groups is 1. The number of nitrogens with zero attached hydrogens (tertiary/aromatic N) is 1. The van der Waals surface area contributed by atoms with Crippen LogP contribution in [0, 0.1) is 11.3 Å². The van der Waals surface area contributed by atoms with Crippen LogP contribution in [0.25, 0.3) is 0 Å². The largest absolute Gasteiger partial charge is 0.393 e. The Morgan fingerprint density at radius 1 is 1.47 bits per heavy atom. The third-order valence-electron chi connectivity index (χ3n) is 3.79. The molecule has 0 aliphatic carbocycles. The molecule has 2 amide bonds. The van der Waals surface area contributed by atoms with Gasteiger partial charge in [-0.05, 0) is 12.8 Å². The summed E-state index contributed by atoms with van der Waals surface area (Å²) in [4.78, 5) is 25.9. The first-order chi connectivity index (χ1) is 7.88. The molecule has 96 valence electrons. The minimum atomic E-state index is -0.493. The molecule has 17 heavy (non-hydrogen) atoms. The molecule has 1 unspecified atom stereocenters. The molecular weight excluding hydrogens is 236 g/mol. The molecule has 0 aromatic rings. The van der Waals surface area contributed by atoms with Crippen LogP contribution in [-0.2, 0) is 9.59 Å². The maximum absolute atomic E-state index is 12.3. The van der Waals surface area contributed by atoms with E-state index in [1.54, 1.807) is 0 Å². The van der Waals surface area contributed by atoms with Gasteiger partial charge in [0, 0.05) is 18.9 Å². The van der Waals surface area contributed by atoms with Crippen molar-refractivity contribution in [2.75, 3.05) is 6.54 Å². The molecule has 0 bridgehead atoms. The first-order valence-corrected chi connectivity index (χ1v) is 6.43. The zero-order valence-electron chi connectivity index (χ0n) is 10.7. The highest BCUT2D eigenvalue weighted by Gasteiger charge is 2.49. The summed E-state index contributed by atoms with van der Waals surface area (Å²) in [6, 6.07) is 0. The van der Waals surface area contributed by atoms with Gasteiger partial charge in [-0.15, -0.1) is 0 Å². The number of thiocarbonyl (C=S) groups is 1. The van der Waals surface area contributed by atoms with Crippen LogP contribution < -0.4 is 5.73 Å². The minimum Gasteiger partial charge on any atom is -0.393 e. The first-order valence-electron chi connectivity index (χ1n) is 6.02. The number of nitrogens with two attached hydrogens (primary N) is 1. The Bertz CT molecular complexity index is 350. The van der Waals surface area contributed by atoms with Crippen molar-refractivity contribution < 1.29 is 9.59 Å². The number of amides is 2. The van der Waals surface area contributed by atoms with E-state index in [0.717, 1.165) is 0 Å². The van der Waals surface area contributed by atoms with Gasteiger partial charge in [-0.2, -0.15) is 0 Å². The molecule has 0 saturated carbocycles. The molecule has 0 radical (unpaired) electrons. The lowest BCUT2D eigenvalue weighted by Gasteiger charge is -2.24. The van der Waals surface area contributed by atoms with Crippen molar-refractivity contribution in [1.29, 1.82) is 0 Å². The lowest BCUT2D eigenvalue weighted by molar-refractivity contribution is -0.141. The molecule has 0 aromatic heterocycles. The number of rotatable bonds is 5. The Balaban J connectivity index is 2.86. The highest BCUT2D eigenvalue weighted by atomic mass is 32.1. The summed E-state index contributed by atoms with van der Waals surface area (Å²) in [5.74, 6) is -0.278. The average molecular weight is 256 g/mol. The van der Waals surface area contributed by atoms with Gasteiger partial charge in [-0.3, -0.25) is 14.5 Å². The van der Waals surface area contributed by atoms with Gasteiger partial charge in [0.05, 0.1) is 10.4 Å². The van der Waals surface area contributed by atoms with E-state index >= 15 is 0 Å². The van der Waals surface area contributed by atoms with E-state index in [9.17, 15) is 9.59 Å². The Hall–Kier alpha value is -0.970. The molecule has 2 N–H and O–H groups in total. The van der Waals surface area contributed by atoms with Crippen LogP contribution in [0.2, 0.25) is 0 Å². The van der Waals surface area contributed by atoms with Crippen LogP contribution in [-0.4, -0.2) is 28.2 Å². The van der Waals surface area contributed by atoms with Gasteiger partial charge in [-0.25, -0.2) is 0 Å². The first kappa shape index (κ1) is 14.1. The molecule has 1 atom stereocenters. The molecule has 4 nitrogen and oxygen atoms in total. The van der Waals surface area contributed by atoms with Crippen LogP contribution in [0.15, 0.2) is 0 Å².